The fourth-order valence-electron chi connectivity index (χ4n) is 4.81. The molecule has 1 aliphatic carbocycles. The third kappa shape index (κ3) is 7.75. The van der Waals surface area contributed by atoms with Crippen LogP contribution < -0.4 is 4.74 Å². The third-order valence-electron chi connectivity index (χ3n) is 6.74. The van der Waals surface area contributed by atoms with Gasteiger partial charge in [-0.1, -0.05) is 57.8 Å². The summed E-state index contributed by atoms with van der Waals surface area (Å²) in [7, 11) is 0. The van der Waals surface area contributed by atoms with Gasteiger partial charge in [0.2, 0.25) is 0 Å². The highest BCUT2D eigenvalue weighted by Crippen LogP contribution is 2.37. The normalized spacial score (nSPS) is 19.3. The molecule has 0 amide bonds. The summed E-state index contributed by atoms with van der Waals surface area (Å²) in [6, 6.07) is 7.50. The van der Waals surface area contributed by atoms with Gasteiger partial charge in [0.15, 0.2) is 0 Å². The summed E-state index contributed by atoms with van der Waals surface area (Å²) in [5.41, 5.74) is 0.596. The van der Waals surface area contributed by atoms with Crippen LogP contribution in [-0.4, -0.2) is 6.36 Å². The second kappa shape index (κ2) is 11.7. The lowest BCUT2D eigenvalue weighted by Gasteiger charge is -2.32. The number of ether oxygens (including phenoxy) is 1. The highest BCUT2D eigenvalue weighted by Gasteiger charge is 2.31. The first-order valence-electron chi connectivity index (χ1n) is 12.0. The van der Waals surface area contributed by atoms with E-state index in [-0.39, 0.29) is 11.3 Å². The number of rotatable bonds is 7. The van der Waals surface area contributed by atoms with Gasteiger partial charge < -0.3 is 4.74 Å². The lowest BCUT2D eigenvalue weighted by molar-refractivity contribution is -0.274. The van der Waals surface area contributed by atoms with Crippen LogP contribution in [0.1, 0.15) is 75.5 Å². The molecule has 0 N–H and O–H groups in total. The number of halogens is 5. The number of alkyl halides is 3. The first-order chi connectivity index (χ1) is 16.1. The van der Waals surface area contributed by atoms with Crippen LogP contribution in [0.15, 0.2) is 36.4 Å². The van der Waals surface area contributed by atoms with Crippen molar-refractivity contribution in [1.29, 1.82) is 0 Å². The van der Waals surface area contributed by atoms with E-state index in [0.29, 0.717) is 29.4 Å². The summed E-state index contributed by atoms with van der Waals surface area (Å²) in [5, 5.41) is 0. The molecule has 0 radical (unpaired) electrons. The van der Waals surface area contributed by atoms with Gasteiger partial charge in [0.25, 0.3) is 0 Å². The second-order valence-electron chi connectivity index (χ2n) is 9.36. The van der Waals surface area contributed by atoms with Crippen molar-refractivity contribution in [3.05, 3.63) is 64.7 Å². The van der Waals surface area contributed by atoms with Crippen molar-refractivity contribution in [2.24, 2.45) is 17.8 Å². The van der Waals surface area contributed by atoms with E-state index in [1.165, 1.54) is 69.2 Å². The monoisotopic (exact) mass is 478 g/mol. The molecule has 6 heteroatoms. The first kappa shape index (κ1) is 26.1. The quantitative estimate of drug-likeness (QED) is 0.287. The Bertz CT molecular complexity index is 969. The zero-order chi connectivity index (χ0) is 24.7. The van der Waals surface area contributed by atoms with Gasteiger partial charge in [0.1, 0.15) is 17.4 Å². The first-order valence-corrected chi connectivity index (χ1v) is 12.0. The maximum Gasteiger partial charge on any atom is 0.573 e. The van der Waals surface area contributed by atoms with E-state index >= 15 is 0 Å². The van der Waals surface area contributed by atoms with Gasteiger partial charge in [0, 0.05) is 5.56 Å². The van der Waals surface area contributed by atoms with Gasteiger partial charge in [-0.25, -0.2) is 8.78 Å². The molecule has 0 aromatic heterocycles. The Balaban J connectivity index is 1.61. The van der Waals surface area contributed by atoms with Crippen LogP contribution in [0.4, 0.5) is 22.0 Å². The Morgan fingerprint density at radius 1 is 0.971 bits per heavy atom. The predicted molar refractivity (Wildman–Crippen MR) is 123 cm³/mol. The molecule has 0 bridgehead atoms. The van der Waals surface area contributed by atoms with Crippen LogP contribution in [0, 0.1) is 41.2 Å². The van der Waals surface area contributed by atoms with Gasteiger partial charge in [-0.15, -0.1) is 13.2 Å². The average molecular weight is 479 g/mol. The Labute approximate surface area is 198 Å². The summed E-state index contributed by atoms with van der Waals surface area (Å²) in [4.78, 5) is 0. The minimum absolute atomic E-state index is 0.320. The molecule has 1 saturated carbocycles. The fraction of sp³-hybridized carbons (Fsp3) is 0.500. The molecule has 3 rings (SSSR count). The average Bonchev–Trinajstić information content (AvgIpc) is 2.77. The molecule has 184 valence electrons. The van der Waals surface area contributed by atoms with E-state index < -0.39 is 18.0 Å². The molecule has 0 aliphatic heterocycles. The van der Waals surface area contributed by atoms with E-state index in [9.17, 15) is 22.0 Å². The predicted octanol–water partition coefficient (Wildman–Crippen LogP) is 8.44. The highest BCUT2D eigenvalue weighted by molar-refractivity contribution is 5.46. The summed E-state index contributed by atoms with van der Waals surface area (Å²) >= 11 is 0. The molecule has 2 aromatic carbocycles. The van der Waals surface area contributed by atoms with Crippen molar-refractivity contribution in [1.82, 2.24) is 0 Å². The standard InChI is InChI=1S/C28H31F5O/c1-3-4-5-20-6-11-23(12-7-20)19(2)16-22-17-26(29)25(27(30)18-22)15-10-21-8-13-24(14-9-21)34-28(31,32)33/h8-9,13-14,17-20,23H,3-7,11-12,16H2,1-2H3. The zero-order valence-electron chi connectivity index (χ0n) is 19.7. The van der Waals surface area contributed by atoms with E-state index in [1.807, 2.05) is 0 Å². The smallest absolute Gasteiger partial charge is 0.406 e. The summed E-state index contributed by atoms with van der Waals surface area (Å²) in [5.74, 6) is 4.97. The lowest BCUT2D eigenvalue weighted by atomic mass is 9.73. The molecular weight excluding hydrogens is 447 g/mol. The Morgan fingerprint density at radius 3 is 2.15 bits per heavy atom. The maximum absolute atomic E-state index is 14.6. The molecule has 1 fully saturated rings. The van der Waals surface area contributed by atoms with Crippen LogP contribution in [0.25, 0.3) is 0 Å². The van der Waals surface area contributed by atoms with Gasteiger partial charge in [0.05, 0.1) is 5.56 Å². The van der Waals surface area contributed by atoms with Crippen LogP contribution in [0.2, 0.25) is 0 Å². The van der Waals surface area contributed by atoms with Gasteiger partial charge in [-0.2, -0.15) is 0 Å². The molecule has 1 nitrogen and oxygen atoms in total. The topological polar surface area (TPSA) is 9.23 Å². The number of hydrogen-bond donors (Lipinski definition) is 0. The van der Waals surface area contributed by atoms with E-state index in [4.69, 9.17) is 0 Å². The van der Waals surface area contributed by atoms with Crippen molar-refractivity contribution in [2.45, 2.75) is 71.6 Å². The van der Waals surface area contributed by atoms with E-state index in [0.717, 1.165) is 18.1 Å². The molecule has 2 aromatic rings. The minimum atomic E-state index is -4.78. The van der Waals surface area contributed by atoms with Crippen molar-refractivity contribution in [3.63, 3.8) is 0 Å². The fourth-order valence-corrected chi connectivity index (χ4v) is 4.81. The summed E-state index contributed by atoms with van der Waals surface area (Å²) in [6.07, 6.45) is 4.51. The van der Waals surface area contributed by atoms with E-state index in [2.05, 4.69) is 30.4 Å². The van der Waals surface area contributed by atoms with Gasteiger partial charge in [-0.05, 0) is 79.0 Å². The Hall–Kier alpha value is -2.55. The number of hydrogen-bond acceptors (Lipinski definition) is 1. The minimum Gasteiger partial charge on any atom is -0.406 e. The molecular formula is C28H31F5O. The largest absolute Gasteiger partial charge is 0.573 e. The maximum atomic E-state index is 14.6. The van der Waals surface area contributed by atoms with Crippen molar-refractivity contribution < 1.29 is 26.7 Å². The molecule has 0 saturated heterocycles. The Morgan fingerprint density at radius 2 is 1.59 bits per heavy atom. The van der Waals surface area contributed by atoms with Gasteiger partial charge in [-0.3, -0.25) is 0 Å². The van der Waals surface area contributed by atoms with Crippen molar-refractivity contribution in [3.8, 4) is 17.6 Å². The molecule has 1 unspecified atom stereocenters. The summed E-state index contributed by atoms with van der Waals surface area (Å²) in [6.45, 7) is 4.38. The highest BCUT2D eigenvalue weighted by atomic mass is 19.4. The summed E-state index contributed by atoms with van der Waals surface area (Å²) < 4.78 is 69.8. The number of unbranched alkanes of at least 4 members (excludes halogenated alkanes) is 1. The molecule has 1 aliphatic rings. The lowest BCUT2D eigenvalue weighted by Crippen LogP contribution is -2.21. The van der Waals surface area contributed by atoms with Crippen LogP contribution in [-0.2, 0) is 6.42 Å². The zero-order valence-corrected chi connectivity index (χ0v) is 19.7. The second-order valence-corrected chi connectivity index (χ2v) is 9.36. The van der Waals surface area contributed by atoms with Crippen LogP contribution in [0.3, 0.4) is 0 Å². The van der Waals surface area contributed by atoms with Gasteiger partial charge >= 0.3 is 6.36 Å². The molecule has 1 atom stereocenters. The molecule has 34 heavy (non-hydrogen) atoms. The SMILES string of the molecule is CCCCC1CCC(C(C)Cc2cc(F)c(C#Cc3ccc(OC(F)(F)F)cc3)c(F)c2)CC1. The molecule has 0 heterocycles. The van der Waals surface area contributed by atoms with Crippen LogP contribution >= 0.6 is 0 Å². The van der Waals surface area contributed by atoms with Crippen LogP contribution in [0.5, 0.6) is 5.75 Å². The van der Waals surface area contributed by atoms with Crippen molar-refractivity contribution in [2.75, 3.05) is 0 Å². The molecule has 0 spiro atoms. The number of benzene rings is 2. The van der Waals surface area contributed by atoms with E-state index in [1.54, 1.807) is 0 Å². The third-order valence-corrected chi connectivity index (χ3v) is 6.74. The van der Waals surface area contributed by atoms with Crippen molar-refractivity contribution >= 4 is 0 Å². The Kier molecular flexibility index (Phi) is 8.99.